The number of carbonyl (C=O) groups excluding carboxylic acids is 2. The van der Waals surface area contributed by atoms with Gasteiger partial charge >= 0.3 is 11.7 Å². The zero-order valence-electron chi connectivity index (χ0n) is 16.3. The molecular formula is C18H19N5O5S. The van der Waals surface area contributed by atoms with E-state index in [2.05, 4.69) is 15.0 Å². The number of benzene rings is 1. The van der Waals surface area contributed by atoms with Crippen molar-refractivity contribution in [2.24, 2.45) is 21.1 Å². The number of amides is 1. The predicted molar refractivity (Wildman–Crippen MR) is 108 cm³/mol. The van der Waals surface area contributed by atoms with E-state index in [1.807, 2.05) is 0 Å². The van der Waals surface area contributed by atoms with Crippen LogP contribution in [0.1, 0.15) is 10.4 Å². The summed E-state index contributed by atoms with van der Waals surface area (Å²) in [6, 6.07) is 6.39. The van der Waals surface area contributed by atoms with Gasteiger partial charge in [0.1, 0.15) is 0 Å². The van der Waals surface area contributed by atoms with E-state index in [9.17, 15) is 19.2 Å². The normalized spacial score (nSPS) is 10.9. The number of esters is 1. The first-order valence-electron chi connectivity index (χ1n) is 8.48. The summed E-state index contributed by atoms with van der Waals surface area (Å²) in [5, 5.41) is 3.13. The summed E-state index contributed by atoms with van der Waals surface area (Å²) >= 11 is 1.13. The molecule has 1 aromatic carbocycles. The van der Waals surface area contributed by atoms with Crippen molar-refractivity contribution in [2.45, 2.75) is 5.16 Å². The highest BCUT2D eigenvalue weighted by atomic mass is 32.2. The Morgan fingerprint density at radius 1 is 1.14 bits per heavy atom. The summed E-state index contributed by atoms with van der Waals surface area (Å²) in [6.07, 6.45) is 0. The third-order valence-corrected chi connectivity index (χ3v) is 5.36. The van der Waals surface area contributed by atoms with Gasteiger partial charge in [-0.3, -0.25) is 18.7 Å². The number of nitrogens with zero attached hydrogens (tertiary/aromatic N) is 4. The maximum Gasteiger partial charge on any atom is 0.337 e. The number of methoxy groups -OCH3 is 1. The van der Waals surface area contributed by atoms with Gasteiger partial charge < -0.3 is 14.6 Å². The predicted octanol–water partition coefficient (Wildman–Crippen LogP) is 0.488. The lowest BCUT2D eigenvalue weighted by atomic mass is 10.2. The van der Waals surface area contributed by atoms with Crippen LogP contribution in [0, 0.1) is 0 Å². The van der Waals surface area contributed by atoms with Gasteiger partial charge in [-0.25, -0.2) is 14.6 Å². The van der Waals surface area contributed by atoms with Gasteiger partial charge in [0.05, 0.1) is 18.4 Å². The maximum absolute atomic E-state index is 12.4. The molecule has 0 spiro atoms. The minimum atomic E-state index is -0.498. The molecule has 0 aliphatic rings. The van der Waals surface area contributed by atoms with Gasteiger partial charge in [0.25, 0.3) is 5.56 Å². The van der Waals surface area contributed by atoms with Crippen LogP contribution in [0.25, 0.3) is 11.2 Å². The molecule has 0 bridgehead atoms. The third kappa shape index (κ3) is 3.81. The van der Waals surface area contributed by atoms with E-state index in [0.717, 1.165) is 16.3 Å². The molecule has 0 aliphatic heterocycles. The molecule has 2 aromatic heterocycles. The second kappa shape index (κ2) is 7.95. The van der Waals surface area contributed by atoms with Crippen LogP contribution >= 0.6 is 11.8 Å². The van der Waals surface area contributed by atoms with Gasteiger partial charge in [-0.15, -0.1) is 0 Å². The van der Waals surface area contributed by atoms with E-state index < -0.39 is 17.2 Å². The van der Waals surface area contributed by atoms with Gasteiger partial charge in [-0.1, -0.05) is 17.8 Å². The van der Waals surface area contributed by atoms with Crippen molar-refractivity contribution in [3.8, 4) is 0 Å². The molecule has 1 amide bonds. The smallest absolute Gasteiger partial charge is 0.337 e. The quantitative estimate of drug-likeness (QED) is 0.474. The number of thioether (sulfide) groups is 1. The Hall–Kier alpha value is -3.34. The first kappa shape index (κ1) is 20.4. The van der Waals surface area contributed by atoms with Crippen molar-refractivity contribution in [3.63, 3.8) is 0 Å². The Kier molecular flexibility index (Phi) is 5.59. The highest BCUT2D eigenvalue weighted by Gasteiger charge is 2.18. The van der Waals surface area contributed by atoms with Crippen molar-refractivity contribution >= 4 is 40.5 Å². The van der Waals surface area contributed by atoms with Gasteiger partial charge in [-0.2, -0.15) is 0 Å². The summed E-state index contributed by atoms with van der Waals surface area (Å²) in [5.41, 5.74) is 0.400. The fourth-order valence-corrected chi connectivity index (χ4v) is 3.56. The van der Waals surface area contributed by atoms with Gasteiger partial charge in [0.15, 0.2) is 16.3 Å². The number of carbonyl (C=O) groups is 2. The Balaban J connectivity index is 1.78. The van der Waals surface area contributed by atoms with Gasteiger partial charge in [0.2, 0.25) is 5.91 Å². The van der Waals surface area contributed by atoms with E-state index in [1.54, 1.807) is 29.8 Å². The van der Waals surface area contributed by atoms with Crippen molar-refractivity contribution in [1.29, 1.82) is 0 Å². The minimum Gasteiger partial charge on any atom is -0.465 e. The molecule has 0 fully saturated rings. The summed E-state index contributed by atoms with van der Waals surface area (Å²) in [6.45, 7) is 0. The topological polar surface area (TPSA) is 117 Å². The van der Waals surface area contributed by atoms with E-state index >= 15 is 0 Å². The van der Waals surface area contributed by atoms with Crippen LogP contribution < -0.4 is 16.6 Å². The average Bonchev–Trinajstić information content (AvgIpc) is 3.05. The lowest BCUT2D eigenvalue weighted by Crippen LogP contribution is -2.37. The molecule has 0 unspecified atom stereocenters. The molecule has 10 nitrogen and oxygen atoms in total. The van der Waals surface area contributed by atoms with Gasteiger partial charge in [0, 0.05) is 26.8 Å². The van der Waals surface area contributed by atoms with E-state index in [0.29, 0.717) is 16.4 Å². The second-order valence-corrected chi connectivity index (χ2v) is 7.18. The lowest BCUT2D eigenvalue weighted by molar-refractivity contribution is -0.113. The highest BCUT2D eigenvalue weighted by molar-refractivity contribution is 7.99. The minimum absolute atomic E-state index is 0.0217. The number of aromatic nitrogens is 4. The van der Waals surface area contributed by atoms with Crippen molar-refractivity contribution in [2.75, 3.05) is 18.2 Å². The summed E-state index contributed by atoms with van der Waals surface area (Å²) in [4.78, 5) is 52.7. The van der Waals surface area contributed by atoms with Crippen LogP contribution in [0.3, 0.4) is 0 Å². The number of fused-ring (bicyclic) bond motifs is 1. The number of aryl methyl sites for hydroxylation is 2. The zero-order valence-corrected chi connectivity index (χ0v) is 17.1. The number of anilines is 1. The molecule has 0 saturated heterocycles. The van der Waals surface area contributed by atoms with Crippen molar-refractivity contribution in [3.05, 3.63) is 50.7 Å². The van der Waals surface area contributed by atoms with Gasteiger partial charge in [-0.05, 0) is 18.2 Å². The summed E-state index contributed by atoms with van der Waals surface area (Å²) in [7, 11) is 5.87. The highest BCUT2D eigenvalue weighted by Crippen LogP contribution is 2.20. The maximum atomic E-state index is 12.4. The lowest BCUT2D eigenvalue weighted by Gasteiger charge is -2.07. The van der Waals surface area contributed by atoms with E-state index in [4.69, 9.17) is 0 Å². The molecule has 3 rings (SSSR count). The largest absolute Gasteiger partial charge is 0.465 e. The monoisotopic (exact) mass is 417 g/mol. The molecular weight excluding hydrogens is 398 g/mol. The fraction of sp³-hybridized carbons (Fsp3) is 0.278. The summed E-state index contributed by atoms with van der Waals surface area (Å²) in [5.74, 6) is -0.790. The number of imidazole rings is 1. The van der Waals surface area contributed by atoms with E-state index in [1.165, 1.54) is 31.8 Å². The molecule has 2 heterocycles. The number of ether oxygens (including phenoxy) is 1. The number of hydrogen-bond donors (Lipinski definition) is 1. The van der Waals surface area contributed by atoms with Crippen molar-refractivity contribution < 1.29 is 14.3 Å². The summed E-state index contributed by atoms with van der Waals surface area (Å²) < 4.78 is 8.53. The van der Waals surface area contributed by atoms with E-state index in [-0.39, 0.29) is 22.8 Å². The average molecular weight is 417 g/mol. The molecule has 0 aliphatic carbocycles. The van der Waals surface area contributed by atoms with Crippen LogP contribution in [-0.2, 0) is 30.7 Å². The first-order chi connectivity index (χ1) is 13.7. The Labute approximate surface area is 169 Å². The number of nitrogens with one attached hydrogen (secondary N) is 1. The molecule has 0 radical (unpaired) electrons. The number of rotatable bonds is 5. The SMILES string of the molecule is COC(=O)c1cccc(NC(=O)CSc2nc3c(c(=O)n(C)c(=O)n3C)n2C)c1. The molecule has 0 atom stereocenters. The molecule has 1 N–H and O–H groups in total. The zero-order chi connectivity index (χ0) is 21.3. The Bertz CT molecular complexity index is 1240. The standard InChI is InChI=1S/C18H19N5O5S/c1-21-13-14(22(2)18(27)23(3)15(13)25)20-17(21)29-9-12(24)19-11-7-5-6-10(8-11)16(26)28-4/h5-8H,9H2,1-4H3,(H,19,24). The molecule has 3 aromatic rings. The Morgan fingerprint density at radius 2 is 1.86 bits per heavy atom. The second-order valence-electron chi connectivity index (χ2n) is 6.24. The fourth-order valence-electron chi connectivity index (χ4n) is 2.80. The molecule has 11 heteroatoms. The first-order valence-corrected chi connectivity index (χ1v) is 9.46. The number of hydrogen-bond acceptors (Lipinski definition) is 7. The Morgan fingerprint density at radius 3 is 2.55 bits per heavy atom. The molecule has 152 valence electrons. The molecule has 29 heavy (non-hydrogen) atoms. The van der Waals surface area contributed by atoms with Crippen LogP contribution in [0.5, 0.6) is 0 Å². The van der Waals surface area contributed by atoms with Crippen LogP contribution in [-0.4, -0.2) is 43.4 Å². The van der Waals surface area contributed by atoms with Crippen molar-refractivity contribution in [1.82, 2.24) is 18.7 Å². The van der Waals surface area contributed by atoms with Crippen LogP contribution in [0.15, 0.2) is 39.0 Å². The third-order valence-electron chi connectivity index (χ3n) is 4.33. The van der Waals surface area contributed by atoms with Crippen LogP contribution in [0.2, 0.25) is 0 Å². The molecule has 0 saturated carbocycles. The van der Waals surface area contributed by atoms with Crippen LogP contribution in [0.4, 0.5) is 5.69 Å².